The van der Waals surface area contributed by atoms with E-state index in [0.717, 1.165) is 32.1 Å². The molecule has 2 atom stereocenters. The normalized spacial score (nSPS) is 13.0. The van der Waals surface area contributed by atoms with Crippen LogP contribution in [0.2, 0.25) is 0 Å². The molecule has 2 unspecified atom stereocenters. The number of carbonyl (C=O) groups excluding carboxylic acids is 1. The molecule has 338 valence electrons. The first kappa shape index (κ1) is 55.9. The number of allylic oxidation sites excluding steroid dienone is 4. The van der Waals surface area contributed by atoms with Crippen LogP contribution in [0, 0.1) is 0 Å². The molecule has 0 aliphatic rings. The number of amides is 1. The molecule has 0 bridgehead atoms. The van der Waals surface area contributed by atoms with E-state index in [9.17, 15) is 15.0 Å². The molecule has 0 aromatic heterocycles. The van der Waals surface area contributed by atoms with Gasteiger partial charge in [-0.25, -0.2) is 0 Å². The number of nitrogens with one attached hydrogen (secondary N) is 1. The van der Waals surface area contributed by atoms with E-state index in [1.165, 1.54) is 231 Å². The Morgan fingerprint density at radius 1 is 0.421 bits per heavy atom. The number of aliphatic hydroxyl groups excluding tert-OH is 2. The fraction of sp³-hybridized carbons (Fsp3) is 0.906. The van der Waals surface area contributed by atoms with Gasteiger partial charge in [-0.1, -0.05) is 263 Å². The van der Waals surface area contributed by atoms with Gasteiger partial charge in [0.2, 0.25) is 5.91 Å². The van der Waals surface area contributed by atoms with Crippen molar-refractivity contribution in [3.63, 3.8) is 0 Å². The number of hydrogen-bond acceptors (Lipinski definition) is 3. The fourth-order valence-corrected chi connectivity index (χ4v) is 8.22. The highest BCUT2D eigenvalue weighted by atomic mass is 16.3. The van der Waals surface area contributed by atoms with E-state index >= 15 is 0 Å². The Balaban J connectivity index is 3.32. The molecule has 1 amide bonds. The summed E-state index contributed by atoms with van der Waals surface area (Å²) in [7, 11) is 0. The minimum atomic E-state index is -0.653. The minimum Gasteiger partial charge on any atom is -0.394 e. The van der Waals surface area contributed by atoms with Crippen molar-refractivity contribution in [2.45, 2.75) is 302 Å². The van der Waals surface area contributed by atoms with Gasteiger partial charge in [0, 0.05) is 6.42 Å². The average Bonchev–Trinajstić information content (AvgIpc) is 3.22. The third kappa shape index (κ3) is 45.8. The first-order valence-corrected chi connectivity index (χ1v) is 26.0. The second kappa shape index (κ2) is 49.2. The maximum Gasteiger partial charge on any atom is 0.220 e. The van der Waals surface area contributed by atoms with Crippen LogP contribution >= 0.6 is 0 Å². The molecule has 3 N–H and O–H groups in total. The van der Waals surface area contributed by atoms with Gasteiger partial charge in [0.05, 0.1) is 18.8 Å². The van der Waals surface area contributed by atoms with Crippen LogP contribution in [0.4, 0.5) is 0 Å². The molecule has 4 heteroatoms. The third-order valence-electron chi connectivity index (χ3n) is 12.2. The maximum absolute atomic E-state index is 12.4. The van der Waals surface area contributed by atoms with Gasteiger partial charge in [-0.3, -0.25) is 4.79 Å². The largest absolute Gasteiger partial charge is 0.394 e. The highest BCUT2D eigenvalue weighted by molar-refractivity contribution is 5.76. The molecular weight excluding hydrogens is 699 g/mol. The molecule has 0 heterocycles. The number of hydrogen-bond donors (Lipinski definition) is 3. The molecule has 0 aliphatic heterocycles. The summed E-state index contributed by atoms with van der Waals surface area (Å²) in [6.07, 6.45) is 64.7. The lowest BCUT2D eigenvalue weighted by atomic mass is 10.0. The van der Waals surface area contributed by atoms with Crippen LogP contribution in [0.3, 0.4) is 0 Å². The van der Waals surface area contributed by atoms with Gasteiger partial charge in [0.15, 0.2) is 0 Å². The van der Waals surface area contributed by atoms with Crippen molar-refractivity contribution in [2.24, 2.45) is 0 Å². The molecule has 4 nitrogen and oxygen atoms in total. The standard InChI is InChI=1S/C53H103NO3/c1-3-5-7-9-11-13-14-15-16-17-18-19-20-21-22-23-24-25-26-27-28-29-30-31-32-33-34-35-36-37-38-39-40-41-43-45-47-49-53(57)54-51(50-55)52(56)48-46-44-42-12-10-8-6-4-2/h14-15,17-18,51-52,55-56H,3-13,16,19-50H2,1-2H3,(H,54,57)/b15-14-,18-17-. The summed E-state index contributed by atoms with van der Waals surface area (Å²) in [5.41, 5.74) is 0. The lowest BCUT2D eigenvalue weighted by Crippen LogP contribution is -2.45. The number of unbranched alkanes of at least 4 members (excludes halogenated alkanes) is 37. The summed E-state index contributed by atoms with van der Waals surface area (Å²) in [6.45, 7) is 4.33. The highest BCUT2D eigenvalue weighted by Gasteiger charge is 2.20. The topological polar surface area (TPSA) is 69.6 Å². The summed E-state index contributed by atoms with van der Waals surface area (Å²) in [6, 6.07) is -0.530. The van der Waals surface area contributed by atoms with Crippen molar-refractivity contribution in [1.82, 2.24) is 5.32 Å². The zero-order valence-corrected chi connectivity index (χ0v) is 38.9. The van der Waals surface area contributed by atoms with Gasteiger partial charge < -0.3 is 15.5 Å². The molecule has 0 aromatic rings. The quantitative estimate of drug-likeness (QED) is 0.0424. The number of aliphatic hydroxyl groups is 2. The van der Waals surface area contributed by atoms with Crippen LogP contribution < -0.4 is 5.32 Å². The van der Waals surface area contributed by atoms with Gasteiger partial charge in [0.1, 0.15) is 0 Å². The lowest BCUT2D eigenvalue weighted by molar-refractivity contribution is -0.123. The Labute approximate surface area is 358 Å². The molecule has 57 heavy (non-hydrogen) atoms. The van der Waals surface area contributed by atoms with Crippen molar-refractivity contribution < 1.29 is 15.0 Å². The molecule has 0 fully saturated rings. The molecule has 0 rings (SSSR count). The summed E-state index contributed by atoms with van der Waals surface area (Å²) in [5, 5.41) is 23.0. The molecule has 0 aromatic carbocycles. The Morgan fingerprint density at radius 3 is 1.05 bits per heavy atom. The predicted octanol–water partition coefficient (Wildman–Crippen LogP) is 16.8. The van der Waals surface area contributed by atoms with E-state index in [2.05, 4.69) is 43.5 Å². The van der Waals surface area contributed by atoms with Gasteiger partial charge in [-0.15, -0.1) is 0 Å². The number of rotatable bonds is 48. The van der Waals surface area contributed by atoms with Crippen molar-refractivity contribution >= 4 is 5.91 Å². The molecule has 0 spiro atoms. The van der Waals surface area contributed by atoms with Crippen LogP contribution in [0.15, 0.2) is 24.3 Å². The predicted molar refractivity (Wildman–Crippen MR) is 253 cm³/mol. The SMILES string of the molecule is CCCCCCC/C=C\C/C=C\CCCCCCCCCCCCCCCCCCCCCCCCCCCC(=O)NC(CO)C(O)CCCCCCCCCC. The molecule has 0 radical (unpaired) electrons. The van der Waals surface area contributed by atoms with E-state index in [1.54, 1.807) is 0 Å². The summed E-state index contributed by atoms with van der Waals surface area (Å²) >= 11 is 0. The summed E-state index contributed by atoms with van der Waals surface area (Å²) in [5.74, 6) is -0.0296. The molecular formula is C53H103NO3. The van der Waals surface area contributed by atoms with Crippen LogP contribution in [-0.2, 0) is 4.79 Å². The Kier molecular flexibility index (Phi) is 48.3. The van der Waals surface area contributed by atoms with Gasteiger partial charge in [-0.2, -0.15) is 0 Å². The van der Waals surface area contributed by atoms with Crippen LogP contribution in [0.25, 0.3) is 0 Å². The highest BCUT2D eigenvalue weighted by Crippen LogP contribution is 2.17. The van der Waals surface area contributed by atoms with Crippen LogP contribution in [-0.4, -0.2) is 34.9 Å². The first-order valence-electron chi connectivity index (χ1n) is 26.0. The Hall–Kier alpha value is -1.13. The maximum atomic E-state index is 12.4. The summed E-state index contributed by atoms with van der Waals surface area (Å²) in [4.78, 5) is 12.4. The van der Waals surface area contributed by atoms with E-state index in [1.807, 2.05) is 0 Å². The van der Waals surface area contributed by atoms with Gasteiger partial charge in [-0.05, 0) is 44.9 Å². The van der Waals surface area contributed by atoms with E-state index < -0.39 is 12.1 Å². The lowest BCUT2D eigenvalue weighted by Gasteiger charge is -2.22. The minimum absolute atomic E-state index is 0.0296. The summed E-state index contributed by atoms with van der Waals surface area (Å²) < 4.78 is 0. The van der Waals surface area contributed by atoms with Crippen LogP contribution in [0.5, 0.6) is 0 Å². The van der Waals surface area contributed by atoms with Crippen molar-refractivity contribution in [1.29, 1.82) is 0 Å². The monoisotopic (exact) mass is 802 g/mol. The van der Waals surface area contributed by atoms with E-state index in [4.69, 9.17) is 0 Å². The van der Waals surface area contributed by atoms with Crippen molar-refractivity contribution in [3.8, 4) is 0 Å². The van der Waals surface area contributed by atoms with E-state index in [0.29, 0.717) is 12.8 Å². The van der Waals surface area contributed by atoms with E-state index in [-0.39, 0.29) is 12.5 Å². The molecule has 0 saturated carbocycles. The molecule has 0 aliphatic carbocycles. The van der Waals surface area contributed by atoms with Crippen molar-refractivity contribution in [2.75, 3.05) is 6.61 Å². The Morgan fingerprint density at radius 2 is 0.719 bits per heavy atom. The second-order valence-corrected chi connectivity index (χ2v) is 17.9. The van der Waals surface area contributed by atoms with Gasteiger partial charge >= 0.3 is 0 Å². The van der Waals surface area contributed by atoms with Gasteiger partial charge in [0.25, 0.3) is 0 Å². The number of carbonyl (C=O) groups is 1. The average molecular weight is 802 g/mol. The van der Waals surface area contributed by atoms with Crippen LogP contribution in [0.1, 0.15) is 290 Å². The zero-order valence-electron chi connectivity index (χ0n) is 38.9. The third-order valence-corrected chi connectivity index (χ3v) is 12.2. The zero-order chi connectivity index (χ0) is 41.4. The fourth-order valence-electron chi connectivity index (χ4n) is 8.22. The molecule has 0 saturated heterocycles. The van der Waals surface area contributed by atoms with Crippen molar-refractivity contribution in [3.05, 3.63) is 24.3 Å². The first-order chi connectivity index (χ1) is 28.2. The second-order valence-electron chi connectivity index (χ2n) is 17.9. The Bertz CT molecular complexity index is 825. The smallest absolute Gasteiger partial charge is 0.220 e.